The molecule has 0 spiro atoms. The standard InChI is InChI=1S/C22H22ClNO6/c1-28-17-10-15(11-18(12-17)29-2)21(26)24-9-3-4-19(24)22(27)30-13-20(25)14-5-7-16(23)8-6-14/h5-8,10-12,19H,3-4,9,13H2,1-2H3. The maximum Gasteiger partial charge on any atom is 0.329 e. The SMILES string of the molecule is COc1cc(OC)cc(C(=O)N2CCCC2C(=O)OCC(=O)c2ccc(Cl)cc2)c1. The molecule has 3 rings (SSSR count). The quantitative estimate of drug-likeness (QED) is 0.493. The van der Waals surface area contributed by atoms with Gasteiger partial charge in [0.05, 0.1) is 14.2 Å². The van der Waals surface area contributed by atoms with E-state index in [0.717, 1.165) is 0 Å². The van der Waals surface area contributed by atoms with Gasteiger partial charge in [-0.15, -0.1) is 0 Å². The molecule has 1 amide bonds. The molecule has 1 atom stereocenters. The Balaban J connectivity index is 1.67. The number of hydrogen-bond donors (Lipinski definition) is 0. The fraction of sp³-hybridized carbons (Fsp3) is 0.318. The van der Waals surface area contributed by atoms with Gasteiger partial charge in [-0.3, -0.25) is 9.59 Å². The van der Waals surface area contributed by atoms with E-state index < -0.39 is 18.6 Å². The highest BCUT2D eigenvalue weighted by Crippen LogP contribution is 2.27. The Hall–Kier alpha value is -3.06. The van der Waals surface area contributed by atoms with E-state index in [9.17, 15) is 14.4 Å². The van der Waals surface area contributed by atoms with Crippen LogP contribution in [-0.4, -0.2) is 56.0 Å². The highest BCUT2D eigenvalue weighted by atomic mass is 35.5. The molecule has 2 aromatic carbocycles. The summed E-state index contributed by atoms with van der Waals surface area (Å²) in [5.41, 5.74) is 0.748. The normalized spacial score (nSPS) is 15.6. The number of methoxy groups -OCH3 is 2. The molecule has 0 radical (unpaired) electrons. The van der Waals surface area contributed by atoms with Crippen molar-refractivity contribution in [1.29, 1.82) is 0 Å². The summed E-state index contributed by atoms with van der Waals surface area (Å²) in [6.45, 7) is 0.0231. The van der Waals surface area contributed by atoms with Crippen molar-refractivity contribution in [2.75, 3.05) is 27.4 Å². The largest absolute Gasteiger partial charge is 0.497 e. The number of ketones is 1. The van der Waals surface area contributed by atoms with Crippen LogP contribution in [0.1, 0.15) is 33.6 Å². The number of amides is 1. The Morgan fingerprint density at radius 1 is 1.00 bits per heavy atom. The number of carbonyl (C=O) groups excluding carboxylic acids is 3. The van der Waals surface area contributed by atoms with Crippen LogP contribution >= 0.6 is 11.6 Å². The Kier molecular flexibility index (Phi) is 6.95. The predicted octanol–water partition coefficient (Wildman–Crippen LogP) is 3.39. The molecule has 1 aliphatic heterocycles. The number of carbonyl (C=O) groups is 3. The van der Waals surface area contributed by atoms with Crippen molar-refractivity contribution in [2.24, 2.45) is 0 Å². The number of rotatable bonds is 7. The van der Waals surface area contributed by atoms with Gasteiger partial charge in [0.2, 0.25) is 0 Å². The summed E-state index contributed by atoms with van der Waals surface area (Å²) in [5.74, 6) is -0.309. The average Bonchev–Trinajstić information content (AvgIpc) is 3.26. The maximum absolute atomic E-state index is 13.0. The van der Waals surface area contributed by atoms with E-state index in [-0.39, 0.29) is 11.7 Å². The molecule has 30 heavy (non-hydrogen) atoms. The van der Waals surface area contributed by atoms with Crippen molar-refractivity contribution >= 4 is 29.3 Å². The van der Waals surface area contributed by atoms with Gasteiger partial charge >= 0.3 is 5.97 Å². The van der Waals surface area contributed by atoms with Gasteiger partial charge in [0, 0.05) is 28.8 Å². The number of esters is 1. The van der Waals surface area contributed by atoms with Crippen molar-refractivity contribution in [3.05, 3.63) is 58.6 Å². The third kappa shape index (κ3) is 4.91. The monoisotopic (exact) mass is 431 g/mol. The molecule has 1 saturated heterocycles. The number of nitrogens with zero attached hydrogens (tertiary/aromatic N) is 1. The van der Waals surface area contributed by atoms with E-state index in [1.807, 2.05) is 0 Å². The van der Waals surface area contributed by atoms with Crippen LogP contribution in [0.5, 0.6) is 11.5 Å². The summed E-state index contributed by atoms with van der Waals surface area (Å²) in [4.78, 5) is 39.3. The summed E-state index contributed by atoms with van der Waals surface area (Å²) >= 11 is 5.81. The lowest BCUT2D eigenvalue weighted by Gasteiger charge is -2.23. The van der Waals surface area contributed by atoms with Crippen LogP contribution < -0.4 is 9.47 Å². The molecular formula is C22H22ClNO6. The van der Waals surface area contributed by atoms with Crippen molar-refractivity contribution in [1.82, 2.24) is 4.90 Å². The van der Waals surface area contributed by atoms with Gasteiger partial charge < -0.3 is 19.1 Å². The van der Waals surface area contributed by atoms with E-state index in [0.29, 0.717) is 47.0 Å². The number of likely N-dealkylation sites (tertiary alicyclic amines) is 1. The molecule has 8 heteroatoms. The van der Waals surface area contributed by atoms with Crippen LogP contribution in [0.15, 0.2) is 42.5 Å². The highest BCUT2D eigenvalue weighted by molar-refractivity contribution is 6.30. The zero-order valence-corrected chi connectivity index (χ0v) is 17.5. The van der Waals surface area contributed by atoms with Crippen LogP contribution in [-0.2, 0) is 9.53 Å². The summed E-state index contributed by atoms with van der Waals surface area (Å²) < 4.78 is 15.6. The van der Waals surface area contributed by atoms with Gasteiger partial charge in [0.15, 0.2) is 12.4 Å². The van der Waals surface area contributed by atoms with Crippen LogP contribution in [0.3, 0.4) is 0 Å². The van der Waals surface area contributed by atoms with Crippen LogP contribution in [0, 0.1) is 0 Å². The van der Waals surface area contributed by atoms with Crippen molar-refractivity contribution in [3.63, 3.8) is 0 Å². The first-order valence-corrected chi connectivity index (χ1v) is 9.80. The molecule has 7 nitrogen and oxygen atoms in total. The third-order valence-electron chi connectivity index (χ3n) is 4.90. The molecule has 2 aromatic rings. The Labute approximate surface area is 179 Å². The van der Waals surface area contributed by atoms with Gasteiger partial charge in [-0.1, -0.05) is 11.6 Å². The van der Waals surface area contributed by atoms with Crippen molar-refractivity contribution in [3.8, 4) is 11.5 Å². The third-order valence-corrected chi connectivity index (χ3v) is 5.15. The van der Waals surface area contributed by atoms with Crippen molar-refractivity contribution in [2.45, 2.75) is 18.9 Å². The van der Waals surface area contributed by atoms with E-state index in [2.05, 4.69) is 0 Å². The number of benzene rings is 2. The lowest BCUT2D eigenvalue weighted by molar-refractivity contribution is -0.147. The molecule has 1 aliphatic rings. The first-order valence-electron chi connectivity index (χ1n) is 9.42. The van der Waals surface area contributed by atoms with E-state index in [4.69, 9.17) is 25.8 Å². The number of Topliss-reactive ketones (excluding diaryl/α,β-unsaturated/α-hetero) is 1. The highest BCUT2D eigenvalue weighted by Gasteiger charge is 2.36. The van der Waals surface area contributed by atoms with Gasteiger partial charge in [-0.05, 0) is 49.2 Å². The summed E-state index contributed by atoms with van der Waals surface area (Å²) in [6.07, 6.45) is 1.14. The molecule has 0 bridgehead atoms. The lowest BCUT2D eigenvalue weighted by Crippen LogP contribution is -2.41. The summed E-state index contributed by atoms with van der Waals surface area (Å²) in [7, 11) is 2.99. The first kappa shape index (κ1) is 21.6. The zero-order chi connectivity index (χ0) is 21.7. The average molecular weight is 432 g/mol. The maximum atomic E-state index is 13.0. The van der Waals surface area contributed by atoms with Crippen LogP contribution in [0.2, 0.25) is 5.02 Å². The Bertz CT molecular complexity index is 921. The Morgan fingerprint density at radius 2 is 1.63 bits per heavy atom. The zero-order valence-electron chi connectivity index (χ0n) is 16.7. The fourth-order valence-corrected chi connectivity index (χ4v) is 3.43. The lowest BCUT2D eigenvalue weighted by atomic mass is 10.1. The summed E-state index contributed by atoms with van der Waals surface area (Å²) in [5, 5.41) is 0.512. The van der Waals surface area contributed by atoms with Gasteiger partial charge in [0.1, 0.15) is 17.5 Å². The minimum Gasteiger partial charge on any atom is -0.497 e. The molecular weight excluding hydrogens is 410 g/mol. The molecule has 158 valence electrons. The number of hydrogen-bond acceptors (Lipinski definition) is 6. The van der Waals surface area contributed by atoms with Crippen LogP contribution in [0.4, 0.5) is 0 Å². The van der Waals surface area contributed by atoms with Gasteiger partial charge in [-0.25, -0.2) is 4.79 Å². The molecule has 1 fully saturated rings. The molecule has 0 N–H and O–H groups in total. The smallest absolute Gasteiger partial charge is 0.329 e. The Morgan fingerprint density at radius 3 is 2.23 bits per heavy atom. The molecule has 1 unspecified atom stereocenters. The fourth-order valence-electron chi connectivity index (χ4n) is 3.30. The van der Waals surface area contributed by atoms with E-state index in [1.165, 1.54) is 19.1 Å². The van der Waals surface area contributed by atoms with Gasteiger partial charge in [0.25, 0.3) is 5.91 Å². The predicted molar refractivity (Wildman–Crippen MR) is 110 cm³/mol. The van der Waals surface area contributed by atoms with E-state index in [1.54, 1.807) is 42.5 Å². The second-order valence-electron chi connectivity index (χ2n) is 6.80. The minimum absolute atomic E-state index is 0.323. The topological polar surface area (TPSA) is 82.1 Å². The first-order chi connectivity index (χ1) is 14.4. The number of halogens is 1. The molecule has 0 aromatic heterocycles. The molecule has 1 heterocycles. The van der Waals surface area contributed by atoms with E-state index >= 15 is 0 Å². The second kappa shape index (κ2) is 9.63. The van der Waals surface area contributed by atoms with Crippen LogP contribution in [0.25, 0.3) is 0 Å². The number of ether oxygens (including phenoxy) is 3. The second-order valence-corrected chi connectivity index (χ2v) is 7.23. The molecule has 0 aliphatic carbocycles. The molecule has 0 saturated carbocycles. The summed E-state index contributed by atoms with van der Waals surface area (Å²) in [6, 6.07) is 10.4. The van der Waals surface area contributed by atoms with Crippen molar-refractivity contribution < 1.29 is 28.6 Å². The minimum atomic E-state index is -0.743. The van der Waals surface area contributed by atoms with Gasteiger partial charge in [-0.2, -0.15) is 0 Å².